The second-order valence-electron chi connectivity index (χ2n) is 4.62. The Balaban J connectivity index is 2.47. The van der Waals surface area contributed by atoms with Crippen LogP contribution >= 0.6 is 15.9 Å². The van der Waals surface area contributed by atoms with E-state index in [2.05, 4.69) is 20.7 Å². The van der Waals surface area contributed by atoms with Gasteiger partial charge in [-0.3, -0.25) is 9.52 Å². The summed E-state index contributed by atoms with van der Waals surface area (Å²) in [5.74, 6) is -0.690. The molecule has 0 heterocycles. The zero-order valence-corrected chi connectivity index (χ0v) is 14.2. The summed E-state index contributed by atoms with van der Waals surface area (Å²) >= 11 is 3.32. The van der Waals surface area contributed by atoms with Crippen LogP contribution in [0.2, 0.25) is 0 Å². The lowest BCUT2D eigenvalue weighted by atomic mass is 10.2. The van der Waals surface area contributed by atoms with Crippen molar-refractivity contribution in [2.24, 2.45) is 5.73 Å². The highest BCUT2D eigenvalue weighted by atomic mass is 79.9. The van der Waals surface area contributed by atoms with Crippen LogP contribution in [0.5, 0.6) is 0 Å². The van der Waals surface area contributed by atoms with Gasteiger partial charge in [0.25, 0.3) is 15.9 Å². The van der Waals surface area contributed by atoms with E-state index in [0.29, 0.717) is 12.0 Å². The second kappa shape index (κ2) is 6.50. The number of primary amides is 1. The first-order valence-electron chi connectivity index (χ1n) is 6.55. The quantitative estimate of drug-likeness (QED) is 0.832. The van der Waals surface area contributed by atoms with Crippen molar-refractivity contribution in [3.63, 3.8) is 0 Å². The molecular formula is C15H15BrN2O3S. The van der Waals surface area contributed by atoms with Crippen LogP contribution in [0.3, 0.4) is 0 Å². The third kappa shape index (κ3) is 3.48. The molecule has 5 nitrogen and oxygen atoms in total. The van der Waals surface area contributed by atoms with Crippen LogP contribution in [0.25, 0.3) is 0 Å². The van der Waals surface area contributed by atoms with E-state index in [4.69, 9.17) is 5.73 Å². The number of anilines is 1. The van der Waals surface area contributed by atoms with E-state index in [1.165, 1.54) is 18.2 Å². The number of aryl methyl sites for hydroxylation is 1. The molecule has 0 atom stereocenters. The molecule has 0 radical (unpaired) electrons. The Bertz CT molecular complexity index is 819. The van der Waals surface area contributed by atoms with Crippen LogP contribution in [-0.2, 0) is 16.4 Å². The molecule has 0 aliphatic rings. The van der Waals surface area contributed by atoms with Crippen molar-refractivity contribution >= 4 is 37.5 Å². The van der Waals surface area contributed by atoms with Crippen molar-refractivity contribution in [3.8, 4) is 0 Å². The Hall–Kier alpha value is -1.86. The number of sulfonamides is 1. The number of para-hydroxylation sites is 1. The summed E-state index contributed by atoms with van der Waals surface area (Å²) in [6.07, 6.45) is 0.563. The lowest BCUT2D eigenvalue weighted by Gasteiger charge is -2.13. The Kier molecular flexibility index (Phi) is 4.87. The molecule has 0 fully saturated rings. The highest BCUT2D eigenvalue weighted by Crippen LogP contribution is 2.25. The maximum atomic E-state index is 12.6. The smallest absolute Gasteiger partial charge is 0.262 e. The molecule has 1 amide bonds. The summed E-state index contributed by atoms with van der Waals surface area (Å²) in [5.41, 5.74) is 6.24. The summed E-state index contributed by atoms with van der Waals surface area (Å²) < 4.78 is 28.4. The van der Waals surface area contributed by atoms with Crippen LogP contribution in [0.4, 0.5) is 5.69 Å². The second-order valence-corrected chi connectivity index (χ2v) is 7.19. The molecule has 0 aromatic heterocycles. The maximum Gasteiger partial charge on any atom is 0.262 e. The van der Waals surface area contributed by atoms with Crippen molar-refractivity contribution in [1.29, 1.82) is 0 Å². The molecule has 0 spiro atoms. The molecule has 22 heavy (non-hydrogen) atoms. The Morgan fingerprint density at radius 1 is 1.23 bits per heavy atom. The molecule has 0 unspecified atom stereocenters. The normalized spacial score (nSPS) is 11.2. The van der Waals surface area contributed by atoms with E-state index < -0.39 is 15.9 Å². The molecule has 7 heteroatoms. The Morgan fingerprint density at radius 3 is 2.55 bits per heavy atom. The zero-order chi connectivity index (χ0) is 16.3. The van der Waals surface area contributed by atoms with Gasteiger partial charge in [-0.05, 0) is 42.3 Å². The number of hydrogen-bond donors (Lipinski definition) is 2. The first-order valence-corrected chi connectivity index (χ1v) is 8.83. The van der Waals surface area contributed by atoms with E-state index in [-0.39, 0.29) is 16.1 Å². The van der Waals surface area contributed by atoms with E-state index in [1.807, 2.05) is 6.92 Å². The fraction of sp³-hybridized carbons (Fsp3) is 0.133. The van der Waals surface area contributed by atoms with Gasteiger partial charge in [0.1, 0.15) is 0 Å². The minimum atomic E-state index is -3.81. The monoisotopic (exact) mass is 382 g/mol. The van der Waals surface area contributed by atoms with Gasteiger partial charge in [-0.2, -0.15) is 0 Å². The third-order valence-corrected chi connectivity index (χ3v) is 5.09. The number of carbonyl (C=O) groups is 1. The van der Waals surface area contributed by atoms with E-state index in [1.54, 1.807) is 24.3 Å². The molecule has 116 valence electrons. The zero-order valence-electron chi connectivity index (χ0n) is 11.8. The molecule has 0 aliphatic heterocycles. The van der Waals surface area contributed by atoms with Gasteiger partial charge >= 0.3 is 0 Å². The average molecular weight is 383 g/mol. The maximum absolute atomic E-state index is 12.6. The summed E-state index contributed by atoms with van der Waals surface area (Å²) in [5, 5.41) is 0. The Morgan fingerprint density at radius 2 is 1.91 bits per heavy atom. The van der Waals surface area contributed by atoms with Crippen LogP contribution in [-0.4, -0.2) is 14.3 Å². The number of carbonyl (C=O) groups excluding carboxylic acids is 1. The van der Waals surface area contributed by atoms with Crippen molar-refractivity contribution in [2.75, 3.05) is 4.72 Å². The molecule has 2 rings (SSSR count). The third-order valence-electron chi connectivity index (χ3n) is 3.13. The van der Waals surface area contributed by atoms with Gasteiger partial charge in [-0.1, -0.05) is 35.0 Å². The largest absolute Gasteiger partial charge is 0.366 e. The van der Waals surface area contributed by atoms with Gasteiger partial charge in [0, 0.05) is 4.47 Å². The van der Waals surface area contributed by atoms with E-state index in [9.17, 15) is 13.2 Å². The first-order chi connectivity index (χ1) is 10.3. The van der Waals surface area contributed by atoms with Gasteiger partial charge in [0.2, 0.25) is 0 Å². The van der Waals surface area contributed by atoms with Crippen LogP contribution in [0, 0.1) is 0 Å². The minimum Gasteiger partial charge on any atom is -0.366 e. The molecule has 0 saturated carbocycles. The highest BCUT2D eigenvalue weighted by Gasteiger charge is 2.20. The molecule has 2 aromatic carbocycles. The number of nitrogens with two attached hydrogens (primary N) is 1. The minimum absolute atomic E-state index is 0.126. The summed E-state index contributed by atoms with van der Waals surface area (Å²) in [6, 6.07) is 11.2. The number of benzene rings is 2. The standard InChI is InChI=1S/C15H15BrN2O3S/c1-2-10-9-11(16)7-8-14(10)22(20,21)18-13-6-4-3-5-12(13)15(17)19/h3-9,18H,2H2,1H3,(H2,17,19). The predicted molar refractivity (Wildman–Crippen MR) is 89.3 cm³/mol. The van der Waals surface area contributed by atoms with Crippen molar-refractivity contribution < 1.29 is 13.2 Å². The average Bonchev–Trinajstić information content (AvgIpc) is 2.46. The molecule has 3 N–H and O–H groups in total. The van der Waals surface area contributed by atoms with Gasteiger partial charge in [-0.25, -0.2) is 8.42 Å². The number of rotatable bonds is 5. The number of halogens is 1. The van der Waals surface area contributed by atoms with E-state index in [0.717, 1.165) is 4.47 Å². The van der Waals surface area contributed by atoms with Gasteiger partial charge < -0.3 is 5.73 Å². The molecule has 0 bridgehead atoms. The summed E-state index contributed by atoms with van der Waals surface area (Å²) in [7, 11) is -3.81. The first kappa shape index (κ1) is 16.5. The lowest BCUT2D eigenvalue weighted by molar-refractivity contribution is 0.100. The molecule has 2 aromatic rings. The van der Waals surface area contributed by atoms with Crippen LogP contribution < -0.4 is 10.5 Å². The highest BCUT2D eigenvalue weighted by molar-refractivity contribution is 9.10. The SMILES string of the molecule is CCc1cc(Br)ccc1S(=O)(=O)Nc1ccccc1C(N)=O. The summed E-state index contributed by atoms with van der Waals surface area (Å²) in [4.78, 5) is 11.6. The Labute approximate surface area is 137 Å². The summed E-state index contributed by atoms with van der Waals surface area (Å²) in [6.45, 7) is 1.87. The number of amides is 1. The fourth-order valence-electron chi connectivity index (χ4n) is 2.07. The van der Waals surface area contributed by atoms with Gasteiger partial charge in [0.15, 0.2) is 0 Å². The van der Waals surface area contributed by atoms with Crippen LogP contribution in [0.1, 0.15) is 22.8 Å². The molecule has 0 saturated heterocycles. The van der Waals surface area contributed by atoms with E-state index >= 15 is 0 Å². The fourth-order valence-corrected chi connectivity index (χ4v) is 3.85. The molecular weight excluding hydrogens is 368 g/mol. The van der Waals surface area contributed by atoms with Crippen molar-refractivity contribution in [3.05, 3.63) is 58.1 Å². The van der Waals surface area contributed by atoms with Crippen molar-refractivity contribution in [2.45, 2.75) is 18.2 Å². The predicted octanol–water partition coefficient (Wildman–Crippen LogP) is 2.91. The lowest BCUT2D eigenvalue weighted by Crippen LogP contribution is -2.19. The van der Waals surface area contributed by atoms with Crippen molar-refractivity contribution in [1.82, 2.24) is 0 Å². The number of hydrogen-bond acceptors (Lipinski definition) is 3. The van der Waals surface area contributed by atoms with Gasteiger partial charge in [-0.15, -0.1) is 0 Å². The molecule has 0 aliphatic carbocycles. The van der Waals surface area contributed by atoms with Gasteiger partial charge in [0.05, 0.1) is 16.1 Å². The number of nitrogens with one attached hydrogen (secondary N) is 1. The topological polar surface area (TPSA) is 89.3 Å². The van der Waals surface area contributed by atoms with Crippen LogP contribution in [0.15, 0.2) is 51.8 Å².